The lowest BCUT2D eigenvalue weighted by molar-refractivity contribution is -0.119. The van der Waals surface area contributed by atoms with Gasteiger partial charge < -0.3 is 15.4 Å². The van der Waals surface area contributed by atoms with E-state index in [0.717, 1.165) is 52.2 Å². The minimum Gasteiger partial charge on any atom is -0.379 e. The summed E-state index contributed by atoms with van der Waals surface area (Å²) in [5.41, 5.74) is 0. The van der Waals surface area contributed by atoms with Crippen LogP contribution in [0.25, 0.3) is 0 Å². The Morgan fingerprint density at radius 3 is 1.69 bits per heavy atom. The number of nitrogens with one attached hydrogen (secondary N) is 2. The number of Topliss-reactive ketones (excluding diaryl/α,β-unsaturated/α-hetero) is 1. The maximum absolute atomic E-state index is 10.4. The van der Waals surface area contributed by atoms with E-state index in [0.29, 0.717) is 5.78 Å². The summed E-state index contributed by atoms with van der Waals surface area (Å²) in [4.78, 5) is 10.4. The highest BCUT2D eigenvalue weighted by molar-refractivity contribution is 5.79. The minimum atomic E-state index is 0.402. The number of hydrogen-bond donors (Lipinski definition) is 2. The summed E-state index contributed by atoms with van der Waals surface area (Å²) in [6.07, 6.45) is 1.47. The molecule has 2 saturated heterocycles. The minimum absolute atomic E-state index is 0.402. The molecular formula is C9H18N2O2. The maximum atomic E-state index is 10.4. The van der Waals surface area contributed by atoms with Crippen LogP contribution in [0.2, 0.25) is 0 Å². The van der Waals surface area contributed by atoms with Gasteiger partial charge in [0.15, 0.2) is 0 Å². The van der Waals surface area contributed by atoms with Gasteiger partial charge in [0.05, 0.1) is 13.2 Å². The summed E-state index contributed by atoms with van der Waals surface area (Å²) in [5.74, 6) is 0.402. The number of rotatable bonds is 0. The molecule has 0 saturated carbocycles. The second-order valence-corrected chi connectivity index (χ2v) is 3.15. The van der Waals surface area contributed by atoms with Crippen LogP contribution in [0.4, 0.5) is 0 Å². The number of morpholine rings is 1. The molecule has 0 aromatic carbocycles. The molecule has 2 N–H and O–H groups in total. The lowest BCUT2D eigenvalue weighted by Crippen LogP contribution is -2.30. The van der Waals surface area contributed by atoms with Crippen molar-refractivity contribution in [1.82, 2.24) is 10.6 Å². The van der Waals surface area contributed by atoms with E-state index in [4.69, 9.17) is 4.74 Å². The predicted octanol–water partition coefficient (Wildman–Crippen LogP) is -0.455. The molecule has 2 aliphatic heterocycles. The highest BCUT2D eigenvalue weighted by atomic mass is 16.5. The molecule has 4 nitrogen and oxygen atoms in total. The number of carbonyl (C=O) groups excluding carboxylic acids is 1. The van der Waals surface area contributed by atoms with E-state index in [9.17, 15) is 4.79 Å². The zero-order chi connectivity index (χ0) is 9.36. The summed E-state index contributed by atoms with van der Waals surface area (Å²) >= 11 is 0. The maximum Gasteiger partial charge on any atom is 0.135 e. The molecule has 2 rings (SSSR count). The standard InChI is InChI=1S/C5H9NO.C4H9NO/c7-5-1-3-6-4-2-5;1-3-6-4-2-5-1/h6H,1-4H2;5H,1-4H2. The van der Waals surface area contributed by atoms with E-state index in [2.05, 4.69) is 10.6 Å². The molecule has 13 heavy (non-hydrogen) atoms. The smallest absolute Gasteiger partial charge is 0.135 e. The Bertz CT molecular complexity index is 127. The molecule has 0 aromatic rings. The third kappa shape index (κ3) is 5.74. The summed E-state index contributed by atoms with van der Waals surface area (Å²) in [6.45, 7) is 5.61. The lowest BCUT2D eigenvalue weighted by Gasteiger charge is -2.10. The van der Waals surface area contributed by atoms with Gasteiger partial charge in [-0.25, -0.2) is 0 Å². The van der Waals surface area contributed by atoms with Crippen molar-refractivity contribution in [2.45, 2.75) is 12.8 Å². The summed E-state index contributed by atoms with van der Waals surface area (Å²) in [5, 5.41) is 6.25. The first-order valence-electron chi connectivity index (χ1n) is 4.90. The van der Waals surface area contributed by atoms with Gasteiger partial charge in [-0.3, -0.25) is 4.79 Å². The number of ketones is 1. The van der Waals surface area contributed by atoms with Crippen molar-refractivity contribution < 1.29 is 9.53 Å². The van der Waals surface area contributed by atoms with E-state index in [1.807, 2.05) is 0 Å². The van der Waals surface area contributed by atoms with Crippen LogP contribution in [0.5, 0.6) is 0 Å². The first-order chi connectivity index (χ1) is 6.39. The van der Waals surface area contributed by atoms with Gasteiger partial charge in [-0.2, -0.15) is 0 Å². The van der Waals surface area contributed by atoms with Crippen molar-refractivity contribution in [2.24, 2.45) is 0 Å². The van der Waals surface area contributed by atoms with Gasteiger partial charge in [-0.15, -0.1) is 0 Å². The summed E-state index contributed by atoms with van der Waals surface area (Å²) in [7, 11) is 0. The molecular weight excluding hydrogens is 168 g/mol. The molecule has 76 valence electrons. The van der Waals surface area contributed by atoms with Crippen molar-refractivity contribution in [1.29, 1.82) is 0 Å². The van der Waals surface area contributed by atoms with Crippen LogP contribution < -0.4 is 10.6 Å². The summed E-state index contributed by atoms with van der Waals surface area (Å²) < 4.78 is 5.01. The highest BCUT2D eigenvalue weighted by Crippen LogP contribution is 1.91. The van der Waals surface area contributed by atoms with Crippen LogP contribution in [0.15, 0.2) is 0 Å². The molecule has 0 aliphatic carbocycles. The Morgan fingerprint density at radius 1 is 0.923 bits per heavy atom. The van der Waals surface area contributed by atoms with Crippen molar-refractivity contribution in [3.05, 3.63) is 0 Å². The van der Waals surface area contributed by atoms with Gasteiger partial charge in [-0.05, 0) is 0 Å². The van der Waals surface area contributed by atoms with Gasteiger partial charge >= 0.3 is 0 Å². The monoisotopic (exact) mass is 186 g/mol. The lowest BCUT2D eigenvalue weighted by atomic mass is 10.1. The number of hydrogen-bond acceptors (Lipinski definition) is 4. The van der Waals surface area contributed by atoms with Crippen LogP contribution in [0.3, 0.4) is 0 Å². The van der Waals surface area contributed by atoms with Crippen molar-refractivity contribution >= 4 is 5.78 Å². The molecule has 0 amide bonds. The molecule has 0 unspecified atom stereocenters. The first-order valence-corrected chi connectivity index (χ1v) is 4.90. The number of carbonyl (C=O) groups is 1. The molecule has 2 aliphatic rings. The van der Waals surface area contributed by atoms with Gasteiger partial charge in [0, 0.05) is 39.0 Å². The predicted molar refractivity (Wildman–Crippen MR) is 50.8 cm³/mol. The molecule has 0 aromatic heterocycles. The first kappa shape index (κ1) is 10.6. The number of piperidine rings is 1. The Morgan fingerprint density at radius 2 is 1.46 bits per heavy atom. The molecule has 0 atom stereocenters. The van der Waals surface area contributed by atoms with Crippen LogP contribution in [-0.4, -0.2) is 45.2 Å². The fourth-order valence-corrected chi connectivity index (χ4v) is 1.22. The summed E-state index contributed by atoms with van der Waals surface area (Å²) in [6, 6.07) is 0. The molecule has 4 heteroatoms. The van der Waals surface area contributed by atoms with Gasteiger partial charge in [0.2, 0.25) is 0 Å². The zero-order valence-electron chi connectivity index (χ0n) is 7.97. The van der Waals surface area contributed by atoms with Crippen molar-refractivity contribution in [2.75, 3.05) is 39.4 Å². The fraction of sp³-hybridized carbons (Fsp3) is 0.889. The average Bonchev–Trinajstić information content (AvgIpc) is 2.22. The van der Waals surface area contributed by atoms with E-state index in [1.165, 1.54) is 0 Å². The number of ether oxygens (including phenoxy) is 1. The van der Waals surface area contributed by atoms with E-state index < -0.39 is 0 Å². The largest absolute Gasteiger partial charge is 0.379 e. The molecule has 0 radical (unpaired) electrons. The Kier molecular flexibility index (Phi) is 5.73. The van der Waals surface area contributed by atoms with Crippen molar-refractivity contribution in [3.63, 3.8) is 0 Å². The van der Waals surface area contributed by atoms with E-state index >= 15 is 0 Å². The Hall–Kier alpha value is -0.450. The van der Waals surface area contributed by atoms with E-state index in [-0.39, 0.29) is 0 Å². The Labute approximate surface area is 79.0 Å². The SMILES string of the molecule is C1COCCN1.O=C1CCNCC1. The topological polar surface area (TPSA) is 50.4 Å². The fourth-order valence-electron chi connectivity index (χ4n) is 1.22. The molecule has 2 heterocycles. The third-order valence-electron chi connectivity index (χ3n) is 2.01. The molecule has 0 bridgehead atoms. The highest BCUT2D eigenvalue weighted by Gasteiger charge is 2.04. The van der Waals surface area contributed by atoms with Gasteiger partial charge in [0.25, 0.3) is 0 Å². The molecule has 2 fully saturated rings. The Balaban J connectivity index is 0.000000132. The average molecular weight is 186 g/mol. The molecule has 0 spiro atoms. The van der Waals surface area contributed by atoms with E-state index in [1.54, 1.807) is 0 Å². The second-order valence-electron chi connectivity index (χ2n) is 3.15. The van der Waals surface area contributed by atoms with Crippen molar-refractivity contribution in [3.8, 4) is 0 Å². The van der Waals surface area contributed by atoms with Gasteiger partial charge in [-0.1, -0.05) is 0 Å². The van der Waals surface area contributed by atoms with Crippen LogP contribution in [-0.2, 0) is 9.53 Å². The second kappa shape index (κ2) is 7.00. The third-order valence-corrected chi connectivity index (χ3v) is 2.01. The zero-order valence-corrected chi connectivity index (χ0v) is 7.97. The van der Waals surface area contributed by atoms with Crippen LogP contribution >= 0.6 is 0 Å². The van der Waals surface area contributed by atoms with Crippen LogP contribution in [0.1, 0.15) is 12.8 Å². The quantitative estimate of drug-likeness (QED) is 0.538. The van der Waals surface area contributed by atoms with Gasteiger partial charge in [0.1, 0.15) is 5.78 Å². The van der Waals surface area contributed by atoms with Crippen LogP contribution in [0, 0.1) is 0 Å². The normalized spacial score (nSPS) is 23.2.